The topological polar surface area (TPSA) is 55.1 Å². The van der Waals surface area contributed by atoms with Crippen molar-refractivity contribution in [1.82, 2.24) is 5.32 Å². The average Bonchev–Trinajstić information content (AvgIpc) is 3.16. The van der Waals surface area contributed by atoms with Gasteiger partial charge in [0.1, 0.15) is 0 Å². The highest BCUT2D eigenvalue weighted by Crippen LogP contribution is 2.48. The molecule has 0 aromatic heterocycles. The van der Waals surface area contributed by atoms with E-state index in [0.717, 1.165) is 19.3 Å². The molecule has 0 aliphatic heterocycles. The van der Waals surface area contributed by atoms with Crippen LogP contribution in [-0.2, 0) is 10.2 Å². The number of carbonyl (C=O) groups excluding carboxylic acids is 1. The van der Waals surface area contributed by atoms with E-state index in [-0.39, 0.29) is 17.4 Å². The largest absolute Gasteiger partial charge is 0.354 e. The predicted molar refractivity (Wildman–Crippen MR) is 82.5 cm³/mol. The minimum atomic E-state index is -0.386. The molecule has 1 aromatic rings. The van der Waals surface area contributed by atoms with Gasteiger partial charge in [0.25, 0.3) is 0 Å². The van der Waals surface area contributed by atoms with Crippen LogP contribution in [0, 0.1) is 12.8 Å². The molecule has 0 heterocycles. The maximum atomic E-state index is 12.0. The van der Waals surface area contributed by atoms with Gasteiger partial charge in [0.2, 0.25) is 5.91 Å². The van der Waals surface area contributed by atoms with Crippen molar-refractivity contribution in [3.63, 3.8) is 0 Å². The molecule has 20 heavy (non-hydrogen) atoms. The normalized spacial score (nSPS) is 17.9. The van der Waals surface area contributed by atoms with Gasteiger partial charge in [0.05, 0.1) is 6.04 Å². The van der Waals surface area contributed by atoms with E-state index < -0.39 is 0 Å². The minimum absolute atomic E-state index is 0.0152. The van der Waals surface area contributed by atoms with E-state index in [2.05, 4.69) is 50.4 Å². The molecule has 3 heteroatoms. The van der Waals surface area contributed by atoms with Crippen molar-refractivity contribution in [1.29, 1.82) is 0 Å². The molecule has 1 aliphatic rings. The average molecular weight is 274 g/mol. The predicted octanol–water partition coefficient (Wildman–Crippen LogP) is 2.52. The summed E-state index contributed by atoms with van der Waals surface area (Å²) < 4.78 is 0. The van der Waals surface area contributed by atoms with E-state index in [4.69, 9.17) is 5.73 Å². The van der Waals surface area contributed by atoms with Crippen molar-refractivity contribution in [2.24, 2.45) is 11.7 Å². The second-order valence-corrected chi connectivity index (χ2v) is 6.55. The number of hydrogen-bond donors (Lipinski definition) is 2. The Kier molecular flexibility index (Phi) is 4.48. The van der Waals surface area contributed by atoms with Gasteiger partial charge >= 0.3 is 0 Å². The Balaban J connectivity index is 1.94. The van der Waals surface area contributed by atoms with Gasteiger partial charge in [-0.05, 0) is 43.2 Å². The molecule has 0 saturated heterocycles. The van der Waals surface area contributed by atoms with Crippen molar-refractivity contribution < 1.29 is 4.79 Å². The molecule has 1 atom stereocenters. The van der Waals surface area contributed by atoms with Crippen LogP contribution in [0.5, 0.6) is 0 Å². The van der Waals surface area contributed by atoms with Gasteiger partial charge in [-0.2, -0.15) is 0 Å². The smallest absolute Gasteiger partial charge is 0.236 e. The number of hydrogen-bond acceptors (Lipinski definition) is 2. The molecule has 3 N–H and O–H groups in total. The molecular formula is C17H26N2O. The van der Waals surface area contributed by atoms with Crippen LogP contribution < -0.4 is 11.1 Å². The van der Waals surface area contributed by atoms with Crippen LogP contribution in [0.15, 0.2) is 24.3 Å². The third-order valence-electron chi connectivity index (χ3n) is 4.23. The molecule has 1 aliphatic carbocycles. The zero-order chi connectivity index (χ0) is 14.8. The molecule has 0 bridgehead atoms. The Morgan fingerprint density at radius 3 is 2.55 bits per heavy atom. The molecule has 1 aromatic carbocycles. The van der Waals surface area contributed by atoms with Crippen LogP contribution in [0.25, 0.3) is 0 Å². The molecular weight excluding hydrogens is 248 g/mol. The van der Waals surface area contributed by atoms with Crippen molar-refractivity contribution in [2.45, 2.75) is 51.5 Å². The first kappa shape index (κ1) is 15.0. The molecule has 1 saturated carbocycles. The summed E-state index contributed by atoms with van der Waals surface area (Å²) in [6.45, 7) is 7.02. The molecule has 0 radical (unpaired) electrons. The number of nitrogens with two attached hydrogens (primary N) is 1. The molecule has 0 spiro atoms. The van der Waals surface area contributed by atoms with Crippen LogP contribution in [-0.4, -0.2) is 18.5 Å². The van der Waals surface area contributed by atoms with Crippen LogP contribution in [0.3, 0.4) is 0 Å². The quantitative estimate of drug-likeness (QED) is 0.837. The Morgan fingerprint density at radius 1 is 1.35 bits per heavy atom. The first-order chi connectivity index (χ1) is 9.44. The molecule has 1 amide bonds. The van der Waals surface area contributed by atoms with Crippen molar-refractivity contribution in [3.8, 4) is 0 Å². The number of rotatable bonds is 6. The lowest BCUT2D eigenvalue weighted by atomic mass is 9.91. The Bertz CT molecular complexity index is 478. The highest BCUT2D eigenvalue weighted by molar-refractivity contribution is 5.81. The first-order valence-electron chi connectivity index (χ1n) is 7.54. The van der Waals surface area contributed by atoms with Crippen LogP contribution in [0.1, 0.15) is 44.2 Å². The zero-order valence-electron chi connectivity index (χ0n) is 12.8. The monoisotopic (exact) mass is 274 g/mol. The SMILES string of the molecule is Cc1ccccc1C1(CNC(=O)[C@@H](N)CC(C)C)CC1. The van der Waals surface area contributed by atoms with Crippen molar-refractivity contribution in [3.05, 3.63) is 35.4 Å². The summed E-state index contributed by atoms with van der Waals surface area (Å²) >= 11 is 0. The number of nitrogens with one attached hydrogen (secondary N) is 1. The van der Waals surface area contributed by atoms with Crippen LogP contribution >= 0.6 is 0 Å². The van der Waals surface area contributed by atoms with Crippen molar-refractivity contribution in [2.75, 3.05) is 6.54 Å². The van der Waals surface area contributed by atoms with E-state index in [1.165, 1.54) is 11.1 Å². The fourth-order valence-corrected chi connectivity index (χ4v) is 2.86. The lowest BCUT2D eigenvalue weighted by Crippen LogP contribution is -2.44. The lowest BCUT2D eigenvalue weighted by Gasteiger charge is -2.21. The second-order valence-electron chi connectivity index (χ2n) is 6.55. The minimum Gasteiger partial charge on any atom is -0.354 e. The molecule has 0 unspecified atom stereocenters. The summed E-state index contributed by atoms with van der Waals surface area (Å²) in [6, 6.07) is 8.08. The Labute approximate surface area is 121 Å². The third kappa shape index (κ3) is 3.40. The maximum absolute atomic E-state index is 12.0. The number of carbonyl (C=O) groups is 1. The maximum Gasteiger partial charge on any atom is 0.236 e. The molecule has 2 rings (SSSR count). The zero-order valence-corrected chi connectivity index (χ0v) is 12.8. The van der Waals surface area contributed by atoms with Gasteiger partial charge in [-0.1, -0.05) is 38.1 Å². The number of benzene rings is 1. The fraction of sp³-hybridized carbons (Fsp3) is 0.588. The van der Waals surface area contributed by atoms with Crippen LogP contribution in [0.4, 0.5) is 0 Å². The first-order valence-corrected chi connectivity index (χ1v) is 7.54. The number of amides is 1. The second kappa shape index (κ2) is 5.96. The van der Waals surface area contributed by atoms with Gasteiger partial charge in [-0.15, -0.1) is 0 Å². The van der Waals surface area contributed by atoms with Gasteiger partial charge in [-0.25, -0.2) is 0 Å². The molecule has 3 nitrogen and oxygen atoms in total. The fourth-order valence-electron chi connectivity index (χ4n) is 2.86. The van der Waals surface area contributed by atoms with E-state index >= 15 is 0 Å². The highest BCUT2D eigenvalue weighted by atomic mass is 16.2. The third-order valence-corrected chi connectivity index (χ3v) is 4.23. The van der Waals surface area contributed by atoms with E-state index in [1.54, 1.807) is 0 Å². The van der Waals surface area contributed by atoms with Crippen molar-refractivity contribution >= 4 is 5.91 Å². The van der Waals surface area contributed by atoms with Crippen LogP contribution in [0.2, 0.25) is 0 Å². The number of aryl methyl sites for hydroxylation is 1. The van der Waals surface area contributed by atoms with E-state index in [9.17, 15) is 4.79 Å². The summed E-state index contributed by atoms with van der Waals surface area (Å²) in [5.41, 5.74) is 8.76. The Hall–Kier alpha value is -1.35. The lowest BCUT2D eigenvalue weighted by molar-refractivity contribution is -0.122. The summed E-state index contributed by atoms with van der Waals surface area (Å²) in [4.78, 5) is 12.0. The highest BCUT2D eigenvalue weighted by Gasteiger charge is 2.45. The van der Waals surface area contributed by atoms with E-state index in [0.29, 0.717) is 12.5 Å². The summed E-state index contributed by atoms with van der Waals surface area (Å²) in [5, 5.41) is 3.05. The summed E-state index contributed by atoms with van der Waals surface area (Å²) in [7, 11) is 0. The molecule has 110 valence electrons. The molecule has 1 fully saturated rings. The van der Waals surface area contributed by atoms with Gasteiger partial charge in [0.15, 0.2) is 0 Å². The summed E-state index contributed by atoms with van der Waals surface area (Å²) in [5.74, 6) is 0.431. The van der Waals surface area contributed by atoms with Gasteiger partial charge < -0.3 is 11.1 Å². The standard InChI is InChI=1S/C17H26N2O/c1-12(2)10-15(18)16(20)19-11-17(8-9-17)14-7-5-4-6-13(14)3/h4-7,12,15H,8-11,18H2,1-3H3,(H,19,20)/t15-/m0/s1. The Morgan fingerprint density at radius 2 is 2.00 bits per heavy atom. The summed E-state index contributed by atoms with van der Waals surface area (Å²) in [6.07, 6.45) is 3.04. The van der Waals surface area contributed by atoms with Gasteiger partial charge in [-0.3, -0.25) is 4.79 Å². The van der Waals surface area contributed by atoms with E-state index in [1.807, 2.05) is 0 Å². The van der Waals surface area contributed by atoms with Gasteiger partial charge in [0, 0.05) is 12.0 Å².